The molecule has 2 heterocycles. The van der Waals surface area contributed by atoms with Gasteiger partial charge in [-0.2, -0.15) is 0 Å². The third kappa shape index (κ3) is 8.59. The molecule has 0 spiro atoms. The number of pyridine rings is 2. The third-order valence-electron chi connectivity index (χ3n) is 8.34. The maximum absolute atomic E-state index is 12.5. The molecule has 0 N–H and O–H groups in total. The Labute approximate surface area is 315 Å². The molecule has 0 aliphatic heterocycles. The first-order valence-electron chi connectivity index (χ1n) is 16.1. The monoisotopic (exact) mass is 796 g/mol. The van der Waals surface area contributed by atoms with E-state index in [4.69, 9.17) is 21.1 Å². The molecule has 0 bridgehead atoms. The van der Waals surface area contributed by atoms with Gasteiger partial charge in [0.1, 0.15) is 0 Å². The predicted molar refractivity (Wildman–Crippen MR) is 191 cm³/mol. The summed E-state index contributed by atoms with van der Waals surface area (Å²) in [5, 5.41) is 2.25. The van der Waals surface area contributed by atoms with E-state index in [1.165, 1.54) is 16.7 Å². The van der Waals surface area contributed by atoms with Gasteiger partial charge in [0, 0.05) is 17.3 Å². The molecule has 268 valence electrons. The van der Waals surface area contributed by atoms with Crippen molar-refractivity contribution < 1.29 is 47.1 Å². The third-order valence-corrected chi connectivity index (χ3v) is 8.34. The molecule has 0 aliphatic carbocycles. The molecule has 0 atom stereocenters. The first kappa shape index (κ1) is 39.9. The summed E-state index contributed by atoms with van der Waals surface area (Å²) in [5.41, 5.74) is 7.00. The Balaban J connectivity index is 0.000000367. The Morgan fingerprint density at radius 3 is 1.75 bits per heavy atom. The van der Waals surface area contributed by atoms with Crippen LogP contribution in [0, 0.1) is 47.5 Å². The van der Waals surface area contributed by atoms with Crippen molar-refractivity contribution in [2.45, 2.75) is 52.4 Å². The SMILES string of the molecule is COc1cc[c-]c(-c2cc(-c3cc(C(C)(C)C)cc(C(C)(C)C)c3)cc(-c3cc4ccccc4cn3)n2)c1.[C-]#Cc1c(F)c(F)c(F)c(F)c1F.[Pd+2]. The smallest absolute Gasteiger partial charge is 0.516 e. The second-order valence-electron chi connectivity index (χ2n) is 14.1. The maximum Gasteiger partial charge on any atom is 2.00 e. The van der Waals surface area contributed by atoms with Gasteiger partial charge in [0.2, 0.25) is 0 Å². The van der Waals surface area contributed by atoms with Crippen molar-refractivity contribution in [2.24, 2.45) is 0 Å². The number of rotatable bonds is 4. The van der Waals surface area contributed by atoms with Gasteiger partial charge in [-0.15, -0.1) is 29.8 Å². The average molecular weight is 797 g/mol. The second-order valence-corrected chi connectivity index (χ2v) is 14.1. The largest absolute Gasteiger partial charge is 2.00 e. The molecular formula is C43H35F5N2OPd. The van der Waals surface area contributed by atoms with Crippen LogP contribution in [0.25, 0.3) is 44.5 Å². The number of halogens is 5. The number of hydrogen-bond donors (Lipinski definition) is 0. The minimum absolute atomic E-state index is 0. The molecule has 3 nitrogen and oxygen atoms in total. The molecule has 0 aliphatic rings. The zero-order chi connectivity index (χ0) is 37.2. The summed E-state index contributed by atoms with van der Waals surface area (Å²) >= 11 is 0. The maximum atomic E-state index is 12.5. The summed E-state index contributed by atoms with van der Waals surface area (Å²) in [6.07, 6.45) is 8.23. The van der Waals surface area contributed by atoms with Crippen molar-refractivity contribution in [3.63, 3.8) is 0 Å². The Morgan fingerprint density at radius 2 is 1.19 bits per heavy atom. The van der Waals surface area contributed by atoms with Gasteiger partial charge in [-0.3, -0.25) is 15.9 Å². The first-order chi connectivity index (χ1) is 24.0. The molecule has 9 heteroatoms. The minimum Gasteiger partial charge on any atom is -0.516 e. The topological polar surface area (TPSA) is 35.0 Å². The number of methoxy groups -OCH3 is 1. The van der Waals surface area contributed by atoms with Crippen LogP contribution in [0.3, 0.4) is 0 Å². The Hall–Kier alpha value is -4.89. The quantitative estimate of drug-likeness (QED) is 0.0445. The Kier molecular flexibility index (Phi) is 12.1. The van der Waals surface area contributed by atoms with E-state index >= 15 is 0 Å². The Morgan fingerprint density at radius 1 is 0.654 bits per heavy atom. The predicted octanol–water partition coefficient (Wildman–Crippen LogP) is 11.4. The van der Waals surface area contributed by atoms with Gasteiger partial charge < -0.3 is 11.2 Å². The van der Waals surface area contributed by atoms with Crippen molar-refractivity contribution in [1.82, 2.24) is 9.97 Å². The van der Waals surface area contributed by atoms with E-state index in [-0.39, 0.29) is 31.3 Å². The number of fused-ring (bicyclic) bond motifs is 1. The Bertz CT molecular complexity index is 2240. The van der Waals surface area contributed by atoms with E-state index in [0.717, 1.165) is 50.7 Å². The summed E-state index contributed by atoms with van der Waals surface area (Å²) in [6.45, 7) is 13.6. The first-order valence-corrected chi connectivity index (χ1v) is 16.1. The van der Waals surface area contributed by atoms with E-state index in [0.29, 0.717) is 0 Å². The van der Waals surface area contributed by atoms with Crippen molar-refractivity contribution in [3.05, 3.63) is 143 Å². The van der Waals surface area contributed by atoms with Gasteiger partial charge >= 0.3 is 20.4 Å². The van der Waals surface area contributed by atoms with Gasteiger partial charge in [-0.05, 0) is 56.3 Å². The van der Waals surface area contributed by atoms with Crippen LogP contribution in [0.5, 0.6) is 5.75 Å². The van der Waals surface area contributed by atoms with Crippen LogP contribution < -0.4 is 4.74 Å². The molecular weight excluding hydrogens is 762 g/mol. The van der Waals surface area contributed by atoms with Crippen molar-refractivity contribution in [3.8, 4) is 45.4 Å². The number of benzene rings is 4. The van der Waals surface area contributed by atoms with Gasteiger partial charge in [0.05, 0.1) is 30.1 Å². The van der Waals surface area contributed by atoms with Gasteiger partial charge in [-0.1, -0.05) is 95.6 Å². The van der Waals surface area contributed by atoms with Crippen molar-refractivity contribution >= 4 is 10.8 Å². The standard InChI is InChI=1S/C35H35N2O.C8F5.Pd/c1-34(2,3)28-15-26(16-29(21-28)35(4,5)6)27-19-31(24-13-10-14-30(17-24)38-7)37-33(20-27)32-18-23-11-8-9-12-25(23)22-36-32;1-2-3-4(9)6(11)8(13)7(12)5(3)10;/h8-12,14-22H,1-7H3;;/q2*-1;+2. The average Bonchev–Trinajstić information content (AvgIpc) is 3.12. The van der Waals surface area contributed by atoms with Crippen molar-refractivity contribution in [1.29, 1.82) is 0 Å². The number of ether oxygens (including phenoxy) is 1. The van der Waals surface area contributed by atoms with Crippen LogP contribution in [-0.2, 0) is 31.3 Å². The number of hydrogen-bond acceptors (Lipinski definition) is 3. The molecule has 6 aromatic rings. The summed E-state index contributed by atoms with van der Waals surface area (Å²) in [7, 11) is 1.68. The molecule has 4 aromatic carbocycles. The zero-order valence-electron chi connectivity index (χ0n) is 29.6. The number of nitrogens with zero attached hydrogens (tertiary/aromatic N) is 2. The molecule has 2 aromatic heterocycles. The van der Waals surface area contributed by atoms with Crippen LogP contribution in [0.4, 0.5) is 22.0 Å². The van der Waals surface area contributed by atoms with Gasteiger partial charge in [0.15, 0.2) is 17.5 Å². The molecule has 0 radical (unpaired) electrons. The van der Waals surface area contributed by atoms with E-state index in [1.807, 2.05) is 30.5 Å². The molecule has 0 unspecified atom stereocenters. The van der Waals surface area contributed by atoms with Crippen LogP contribution in [-0.4, -0.2) is 17.1 Å². The van der Waals surface area contributed by atoms with Gasteiger partial charge in [-0.25, -0.2) is 22.0 Å². The number of aromatic nitrogens is 2. The van der Waals surface area contributed by atoms with Crippen molar-refractivity contribution in [2.75, 3.05) is 7.11 Å². The minimum atomic E-state index is -2.24. The van der Waals surface area contributed by atoms with E-state index in [9.17, 15) is 22.0 Å². The van der Waals surface area contributed by atoms with Crippen LogP contribution >= 0.6 is 0 Å². The van der Waals surface area contributed by atoms with Crippen LogP contribution in [0.2, 0.25) is 0 Å². The molecule has 6 rings (SSSR count). The molecule has 0 saturated heterocycles. The zero-order valence-corrected chi connectivity index (χ0v) is 31.1. The molecule has 52 heavy (non-hydrogen) atoms. The summed E-state index contributed by atoms with van der Waals surface area (Å²) in [5.74, 6) is -8.59. The second kappa shape index (κ2) is 15.8. The summed E-state index contributed by atoms with van der Waals surface area (Å²) in [4.78, 5) is 9.87. The van der Waals surface area contributed by atoms with Crippen LogP contribution in [0.1, 0.15) is 58.2 Å². The fourth-order valence-corrected chi connectivity index (χ4v) is 5.29. The normalized spacial score (nSPS) is 11.3. The van der Waals surface area contributed by atoms with E-state index in [2.05, 4.69) is 102 Å². The molecule has 0 saturated carbocycles. The molecule has 0 fully saturated rings. The van der Waals surface area contributed by atoms with E-state index < -0.39 is 34.6 Å². The molecule has 0 amide bonds. The summed E-state index contributed by atoms with van der Waals surface area (Å²) < 4.78 is 67.4. The van der Waals surface area contributed by atoms with E-state index in [1.54, 1.807) is 7.11 Å². The van der Waals surface area contributed by atoms with Gasteiger partial charge in [0.25, 0.3) is 0 Å². The fourth-order valence-electron chi connectivity index (χ4n) is 5.29. The van der Waals surface area contributed by atoms with Crippen LogP contribution in [0.15, 0.2) is 85.1 Å². The fraction of sp³-hybridized carbons (Fsp3) is 0.209. The summed E-state index contributed by atoms with van der Waals surface area (Å²) in [6, 6.07) is 30.8.